The van der Waals surface area contributed by atoms with Crippen LogP contribution in [-0.4, -0.2) is 62.6 Å². The normalized spacial score (nSPS) is 12.3. The molecule has 0 unspecified atom stereocenters. The first kappa shape index (κ1) is 36.0. The second kappa shape index (κ2) is 16.8. The predicted octanol–water partition coefficient (Wildman–Crippen LogP) is 6.70. The van der Waals surface area contributed by atoms with Gasteiger partial charge in [-0.2, -0.15) is 37.3 Å². The first-order valence-corrected chi connectivity index (χ1v) is 17.3. The molecule has 0 saturated carbocycles. The molecule has 0 atom stereocenters. The van der Waals surface area contributed by atoms with Crippen LogP contribution in [0, 0.1) is 0 Å². The Morgan fingerprint density at radius 1 is 0.521 bits per heavy atom. The molecule has 0 fully saturated rings. The molecule has 0 saturated heterocycles. The summed E-state index contributed by atoms with van der Waals surface area (Å²) in [5, 5.41) is 33.9. The van der Waals surface area contributed by atoms with Crippen LogP contribution in [0.5, 0.6) is 11.5 Å². The Bertz CT molecular complexity index is 1850. The molecule has 16 heteroatoms. The second-order valence-electron chi connectivity index (χ2n) is 9.97. The van der Waals surface area contributed by atoms with Crippen LogP contribution in [0.3, 0.4) is 0 Å². The van der Waals surface area contributed by atoms with Gasteiger partial charge in [0.2, 0.25) is 0 Å². The number of rotatable bonds is 16. The summed E-state index contributed by atoms with van der Waals surface area (Å²) in [5.74, 6) is 1.15. The van der Waals surface area contributed by atoms with Gasteiger partial charge in [-0.1, -0.05) is 24.3 Å². The van der Waals surface area contributed by atoms with E-state index in [2.05, 4.69) is 20.5 Å². The Morgan fingerprint density at radius 3 is 1.19 bits per heavy atom. The van der Waals surface area contributed by atoms with Crippen LogP contribution >= 0.6 is 0 Å². The van der Waals surface area contributed by atoms with Crippen molar-refractivity contribution in [1.82, 2.24) is 0 Å². The standard InChI is InChI=1S/C32H32N4O10S2/c37-17-1-19-45-29-13-9-25(10-14-29)33-35-27-7-5-23(31(21-27)47(39,40)41)3-4-24-6-8-28(22-32(24)48(42,43)44)36-34-26-11-15-30(16-12-26)46-20-2-18-38/h3-16,21-22,37-38H,1-2,17-20H2,(H,39,40,41)(H,42,43,44). The van der Waals surface area contributed by atoms with Crippen LogP contribution in [0.25, 0.3) is 12.2 Å². The summed E-state index contributed by atoms with van der Waals surface area (Å²) in [4.78, 5) is -1.02. The van der Waals surface area contributed by atoms with E-state index in [4.69, 9.17) is 19.7 Å². The topological polar surface area (TPSA) is 217 Å². The van der Waals surface area contributed by atoms with Crippen LogP contribution in [0.2, 0.25) is 0 Å². The minimum Gasteiger partial charge on any atom is -0.494 e. The Kier molecular flexibility index (Phi) is 12.6. The lowest BCUT2D eigenvalue weighted by molar-refractivity contribution is 0.233. The monoisotopic (exact) mass is 696 g/mol. The molecule has 0 aromatic heterocycles. The van der Waals surface area contributed by atoms with Crippen molar-refractivity contribution >= 4 is 55.1 Å². The Labute approximate surface area is 277 Å². The SMILES string of the molecule is O=S(=O)(O)c1cc(N=Nc2ccc(OCCCO)cc2)ccc1C=Cc1ccc(N=Nc2ccc(OCCCO)cc2)cc1S(=O)(=O)O. The fourth-order valence-corrected chi connectivity index (χ4v) is 5.44. The number of aliphatic hydroxyl groups excluding tert-OH is 2. The zero-order valence-electron chi connectivity index (χ0n) is 25.3. The summed E-state index contributed by atoms with van der Waals surface area (Å²) in [6.45, 7) is 0.736. The lowest BCUT2D eigenvalue weighted by Crippen LogP contribution is -2.01. The minimum absolute atomic E-state index is 0.00895. The molecule has 0 heterocycles. The highest BCUT2D eigenvalue weighted by atomic mass is 32.2. The van der Waals surface area contributed by atoms with Crippen molar-refractivity contribution in [2.45, 2.75) is 22.6 Å². The van der Waals surface area contributed by atoms with E-state index in [0.717, 1.165) is 12.1 Å². The van der Waals surface area contributed by atoms with Gasteiger partial charge < -0.3 is 19.7 Å². The van der Waals surface area contributed by atoms with Gasteiger partial charge in [-0.25, -0.2) is 0 Å². The van der Waals surface area contributed by atoms with Gasteiger partial charge in [-0.3, -0.25) is 9.11 Å². The highest BCUT2D eigenvalue weighted by molar-refractivity contribution is 7.86. The van der Waals surface area contributed by atoms with Crippen molar-refractivity contribution in [3.8, 4) is 11.5 Å². The van der Waals surface area contributed by atoms with Gasteiger partial charge in [0, 0.05) is 26.1 Å². The third-order valence-electron chi connectivity index (χ3n) is 6.37. The molecule has 0 aliphatic carbocycles. The molecule has 0 aliphatic rings. The molecule has 4 N–H and O–H groups in total. The smallest absolute Gasteiger partial charge is 0.295 e. The number of benzene rings is 4. The molecule has 0 amide bonds. The van der Waals surface area contributed by atoms with Gasteiger partial charge in [0.05, 0.1) is 36.0 Å². The fourth-order valence-electron chi connectivity index (χ4n) is 4.03. The molecular formula is C32H32N4O10S2. The summed E-state index contributed by atoms with van der Waals surface area (Å²) in [6.07, 6.45) is 3.50. The quantitative estimate of drug-likeness (QED) is 0.0420. The summed E-state index contributed by atoms with van der Waals surface area (Å²) in [7, 11) is -9.50. The van der Waals surface area contributed by atoms with Crippen molar-refractivity contribution in [3.63, 3.8) is 0 Å². The molecule has 4 aromatic carbocycles. The highest BCUT2D eigenvalue weighted by Crippen LogP contribution is 2.30. The molecular weight excluding hydrogens is 665 g/mol. The maximum Gasteiger partial charge on any atom is 0.295 e. The average molecular weight is 697 g/mol. The molecule has 0 spiro atoms. The van der Waals surface area contributed by atoms with Gasteiger partial charge >= 0.3 is 0 Å². The van der Waals surface area contributed by atoms with E-state index < -0.39 is 30.0 Å². The van der Waals surface area contributed by atoms with Crippen LogP contribution < -0.4 is 9.47 Å². The molecule has 252 valence electrons. The first-order chi connectivity index (χ1) is 23.0. The van der Waals surface area contributed by atoms with Crippen molar-refractivity contribution < 1.29 is 45.6 Å². The third-order valence-corrected chi connectivity index (χ3v) is 8.19. The van der Waals surface area contributed by atoms with E-state index in [1.54, 1.807) is 48.5 Å². The van der Waals surface area contributed by atoms with Crippen LogP contribution in [-0.2, 0) is 20.2 Å². The van der Waals surface area contributed by atoms with E-state index in [0.29, 0.717) is 48.9 Å². The van der Waals surface area contributed by atoms with E-state index >= 15 is 0 Å². The predicted molar refractivity (Wildman–Crippen MR) is 177 cm³/mol. The molecule has 4 aromatic rings. The summed E-state index contributed by atoms with van der Waals surface area (Å²) in [6, 6.07) is 21.0. The maximum absolute atomic E-state index is 12.2. The summed E-state index contributed by atoms with van der Waals surface area (Å²) < 4.78 is 79.6. The van der Waals surface area contributed by atoms with Crippen LogP contribution in [0.4, 0.5) is 22.7 Å². The van der Waals surface area contributed by atoms with Gasteiger partial charge in [0.15, 0.2) is 0 Å². The average Bonchev–Trinajstić information content (AvgIpc) is 3.06. The Balaban J connectivity index is 1.53. The number of nitrogens with zero attached hydrogens (tertiary/aromatic N) is 4. The van der Waals surface area contributed by atoms with Crippen molar-refractivity contribution in [2.24, 2.45) is 20.5 Å². The number of aliphatic hydroxyl groups is 2. The highest BCUT2D eigenvalue weighted by Gasteiger charge is 2.17. The van der Waals surface area contributed by atoms with Crippen molar-refractivity contribution in [2.75, 3.05) is 26.4 Å². The summed E-state index contributed by atoms with van der Waals surface area (Å²) in [5.41, 5.74) is 1.13. The Morgan fingerprint density at radius 2 is 0.854 bits per heavy atom. The van der Waals surface area contributed by atoms with Crippen LogP contribution in [0.1, 0.15) is 24.0 Å². The number of ether oxygens (including phenoxy) is 2. The van der Waals surface area contributed by atoms with Crippen molar-refractivity contribution in [1.29, 1.82) is 0 Å². The lowest BCUT2D eigenvalue weighted by atomic mass is 10.1. The van der Waals surface area contributed by atoms with E-state index in [-0.39, 0.29) is 35.7 Å². The van der Waals surface area contributed by atoms with E-state index in [9.17, 15) is 25.9 Å². The van der Waals surface area contributed by atoms with Crippen molar-refractivity contribution in [3.05, 3.63) is 96.1 Å². The zero-order valence-corrected chi connectivity index (χ0v) is 27.0. The zero-order chi connectivity index (χ0) is 34.6. The molecule has 0 aliphatic heterocycles. The molecule has 14 nitrogen and oxygen atoms in total. The number of azo groups is 2. The first-order valence-electron chi connectivity index (χ1n) is 14.4. The minimum atomic E-state index is -4.75. The summed E-state index contributed by atoms with van der Waals surface area (Å²) >= 11 is 0. The van der Waals surface area contributed by atoms with E-state index in [1.807, 2.05) is 0 Å². The molecule has 0 radical (unpaired) electrons. The van der Waals surface area contributed by atoms with E-state index in [1.165, 1.54) is 36.4 Å². The molecule has 48 heavy (non-hydrogen) atoms. The second-order valence-corrected chi connectivity index (χ2v) is 12.7. The van der Waals surface area contributed by atoms with Gasteiger partial charge in [-0.15, -0.1) is 0 Å². The number of hydrogen-bond donors (Lipinski definition) is 4. The maximum atomic E-state index is 12.2. The van der Waals surface area contributed by atoms with Crippen LogP contribution in [0.15, 0.2) is 115 Å². The lowest BCUT2D eigenvalue weighted by Gasteiger charge is -2.07. The van der Waals surface area contributed by atoms with Gasteiger partial charge in [0.1, 0.15) is 21.3 Å². The fraction of sp³-hybridized carbons (Fsp3) is 0.188. The Hall–Kier alpha value is -4.84. The third kappa shape index (κ3) is 10.9. The molecule has 0 bridgehead atoms. The van der Waals surface area contributed by atoms with Gasteiger partial charge in [0.25, 0.3) is 20.2 Å². The largest absolute Gasteiger partial charge is 0.494 e. The number of hydrogen-bond acceptors (Lipinski definition) is 12. The van der Waals surface area contributed by atoms with Gasteiger partial charge in [-0.05, 0) is 83.9 Å². The molecule has 4 rings (SSSR count).